The van der Waals surface area contributed by atoms with Gasteiger partial charge >= 0.3 is 0 Å². The van der Waals surface area contributed by atoms with Crippen molar-refractivity contribution in [2.24, 2.45) is 0 Å². The number of nitrogens with two attached hydrogens (primary N) is 1. The summed E-state index contributed by atoms with van der Waals surface area (Å²) < 4.78 is 0. The molecular weight excluding hydrogens is 396 g/mol. The molecule has 5 N–H and O–H groups in total. The minimum absolute atomic E-state index is 0.382. The Labute approximate surface area is 189 Å². The first-order valence-corrected chi connectivity index (χ1v) is 10.9. The van der Waals surface area contributed by atoms with Crippen LogP contribution in [0.15, 0.2) is 67.0 Å². The van der Waals surface area contributed by atoms with Gasteiger partial charge in [0.2, 0.25) is 0 Å². The standard InChI is InChI=1S/C26H30N6/c1-32(2)12-4-11-29-16-18-6-9-24-21(13-18)15-25(31-24)26(28)22-14-19(7-8-23(22)27)20-5-3-10-30-17-20/h3,5-10,13-15,17,28-29,31H,4,11-12,16,27H2,1-2H3. The lowest BCUT2D eigenvalue weighted by atomic mass is 9.99. The Morgan fingerprint density at radius 1 is 1.09 bits per heavy atom. The number of hydrogen-bond acceptors (Lipinski definition) is 5. The fourth-order valence-corrected chi connectivity index (χ4v) is 3.81. The van der Waals surface area contributed by atoms with Gasteiger partial charge in [0.1, 0.15) is 0 Å². The van der Waals surface area contributed by atoms with Crippen molar-refractivity contribution in [2.45, 2.75) is 13.0 Å². The van der Waals surface area contributed by atoms with Crippen LogP contribution in [0.5, 0.6) is 0 Å². The maximum Gasteiger partial charge on any atom is 0.0868 e. The lowest BCUT2D eigenvalue weighted by Crippen LogP contribution is -2.20. The normalized spacial score (nSPS) is 11.3. The zero-order chi connectivity index (χ0) is 22.5. The van der Waals surface area contributed by atoms with Crippen molar-refractivity contribution in [2.75, 3.05) is 32.9 Å². The average Bonchev–Trinajstić information content (AvgIpc) is 3.22. The molecule has 0 bridgehead atoms. The predicted molar refractivity (Wildman–Crippen MR) is 133 cm³/mol. The van der Waals surface area contributed by atoms with Crippen molar-refractivity contribution >= 4 is 22.3 Å². The third kappa shape index (κ3) is 5.04. The van der Waals surface area contributed by atoms with E-state index in [1.54, 1.807) is 6.20 Å². The van der Waals surface area contributed by atoms with Gasteiger partial charge in [-0.2, -0.15) is 0 Å². The highest BCUT2D eigenvalue weighted by atomic mass is 15.1. The summed E-state index contributed by atoms with van der Waals surface area (Å²) in [5.41, 5.74) is 12.9. The summed E-state index contributed by atoms with van der Waals surface area (Å²) in [7, 11) is 4.19. The zero-order valence-electron chi connectivity index (χ0n) is 18.7. The number of nitrogen functional groups attached to an aromatic ring is 1. The summed E-state index contributed by atoms with van der Waals surface area (Å²) in [6.45, 7) is 2.91. The molecule has 0 unspecified atom stereocenters. The molecule has 164 valence electrons. The third-order valence-electron chi connectivity index (χ3n) is 5.56. The quantitative estimate of drug-likeness (QED) is 0.183. The first-order valence-electron chi connectivity index (χ1n) is 10.9. The lowest BCUT2D eigenvalue weighted by Gasteiger charge is -2.09. The Kier molecular flexibility index (Phi) is 6.63. The minimum atomic E-state index is 0.382. The van der Waals surface area contributed by atoms with E-state index in [1.807, 2.05) is 42.6 Å². The molecule has 2 aromatic carbocycles. The van der Waals surface area contributed by atoms with E-state index in [4.69, 9.17) is 11.1 Å². The summed E-state index contributed by atoms with van der Waals surface area (Å²) in [4.78, 5) is 9.77. The molecule has 0 fully saturated rings. The highest BCUT2D eigenvalue weighted by Gasteiger charge is 2.13. The molecule has 0 spiro atoms. The number of fused-ring (bicyclic) bond motifs is 1. The van der Waals surface area contributed by atoms with Gasteiger partial charge in [-0.15, -0.1) is 0 Å². The fraction of sp³-hybridized carbons (Fsp3) is 0.231. The monoisotopic (exact) mass is 426 g/mol. The number of nitrogens with one attached hydrogen (secondary N) is 3. The lowest BCUT2D eigenvalue weighted by molar-refractivity contribution is 0.394. The summed E-state index contributed by atoms with van der Waals surface area (Å²) in [5, 5.41) is 13.4. The van der Waals surface area contributed by atoms with E-state index in [0.29, 0.717) is 17.0 Å². The van der Waals surface area contributed by atoms with Gasteiger partial charge in [-0.1, -0.05) is 18.2 Å². The summed E-state index contributed by atoms with van der Waals surface area (Å²) in [6.07, 6.45) is 4.69. The maximum absolute atomic E-state index is 8.81. The summed E-state index contributed by atoms with van der Waals surface area (Å²) in [6, 6.07) is 18.1. The van der Waals surface area contributed by atoms with Gasteiger partial charge in [-0.3, -0.25) is 10.4 Å². The van der Waals surface area contributed by atoms with Gasteiger partial charge in [-0.25, -0.2) is 0 Å². The van der Waals surface area contributed by atoms with E-state index in [-0.39, 0.29) is 0 Å². The summed E-state index contributed by atoms with van der Waals surface area (Å²) in [5.74, 6) is 0. The Morgan fingerprint density at radius 3 is 2.75 bits per heavy atom. The average molecular weight is 427 g/mol. The van der Waals surface area contributed by atoms with E-state index in [2.05, 4.69) is 52.5 Å². The topological polar surface area (TPSA) is 93.8 Å². The van der Waals surface area contributed by atoms with Crippen LogP contribution in [-0.4, -0.2) is 47.8 Å². The number of benzene rings is 2. The molecule has 0 aliphatic carbocycles. The molecule has 6 heteroatoms. The number of anilines is 1. The van der Waals surface area contributed by atoms with Gasteiger partial charge in [0, 0.05) is 46.7 Å². The van der Waals surface area contributed by atoms with E-state index >= 15 is 0 Å². The number of aromatic amines is 1. The van der Waals surface area contributed by atoms with Gasteiger partial charge in [0.25, 0.3) is 0 Å². The number of hydrogen-bond donors (Lipinski definition) is 4. The predicted octanol–water partition coefficient (Wildman–Crippen LogP) is 4.27. The molecule has 0 amide bonds. The van der Waals surface area contributed by atoms with Crippen LogP contribution >= 0.6 is 0 Å². The number of aromatic nitrogens is 2. The molecule has 6 nitrogen and oxygen atoms in total. The minimum Gasteiger partial charge on any atom is -0.398 e. The molecule has 32 heavy (non-hydrogen) atoms. The fourth-order valence-electron chi connectivity index (χ4n) is 3.81. The molecular formula is C26H30N6. The zero-order valence-corrected chi connectivity index (χ0v) is 18.7. The molecule has 0 radical (unpaired) electrons. The van der Waals surface area contributed by atoms with Crippen LogP contribution in [0, 0.1) is 5.41 Å². The number of H-pyrrole nitrogens is 1. The molecule has 0 atom stereocenters. The first kappa shape index (κ1) is 21.7. The van der Waals surface area contributed by atoms with Crippen LogP contribution in [0.2, 0.25) is 0 Å². The molecule has 4 aromatic rings. The number of nitrogens with zero attached hydrogens (tertiary/aromatic N) is 2. The van der Waals surface area contributed by atoms with Crippen LogP contribution in [-0.2, 0) is 6.54 Å². The highest BCUT2D eigenvalue weighted by molar-refractivity contribution is 6.15. The molecule has 0 saturated heterocycles. The van der Waals surface area contributed by atoms with Crippen LogP contribution in [0.4, 0.5) is 5.69 Å². The Balaban J connectivity index is 1.52. The van der Waals surface area contributed by atoms with Gasteiger partial charge < -0.3 is 20.9 Å². The van der Waals surface area contributed by atoms with Crippen LogP contribution < -0.4 is 11.1 Å². The Bertz CT molecular complexity index is 1210. The van der Waals surface area contributed by atoms with Crippen LogP contribution in [0.3, 0.4) is 0 Å². The Morgan fingerprint density at radius 2 is 1.97 bits per heavy atom. The summed E-state index contributed by atoms with van der Waals surface area (Å²) >= 11 is 0. The van der Waals surface area contributed by atoms with Gasteiger partial charge in [0.15, 0.2) is 0 Å². The van der Waals surface area contributed by atoms with Crippen LogP contribution in [0.1, 0.15) is 23.2 Å². The van der Waals surface area contributed by atoms with Crippen molar-refractivity contribution in [1.82, 2.24) is 20.2 Å². The molecule has 0 aliphatic rings. The molecule has 2 heterocycles. The number of rotatable bonds is 9. The van der Waals surface area contributed by atoms with Crippen molar-refractivity contribution in [1.29, 1.82) is 5.41 Å². The van der Waals surface area contributed by atoms with Crippen molar-refractivity contribution in [3.63, 3.8) is 0 Å². The molecule has 4 rings (SSSR count). The smallest absolute Gasteiger partial charge is 0.0868 e. The second-order valence-electron chi connectivity index (χ2n) is 8.36. The van der Waals surface area contributed by atoms with E-state index in [1.165, 1.54) is 5.56 Å². The molecule has 0 saturated carbocycles. The third-order valence-corrected chi connectivity index (χ3v) is 5.56. The maximum atomic E-state index is 8.81. The second-order valence-corrected chi connectivity index (χ2v) is 8.36. The number of pyridine rings is 1. The van der Waals surface area contributed by atoms with Gasteiger partial charge in [0.05, 0.1) is 11.4 Å². The molecule has 2 aromatic heterocycles. The Hall–Kier alpha value is -3.48. The van der Waals surface area contributed by atoms with Gasteiger partial charge in [-0.05, 0) is 81.1 Å². The SMILES string of the molecule is CN(C)CCCNCc1ccc2[nH]c(C(=N)c3cc(-c4cccnc4)ccc3N)cc2c1. The van der Waals surface area contributed by atoms with Crippen LogP contribution in [0.25, 0.3) is 22.0 Å². The van der Waals surface area contributed by atoms with E-state index in [0.717, 1.165) is 53.8 Å². The van der Waals surface area contributed by atoms with E-state index < -0.39 is 0 Å². The highest BCUT2D eigenvalue weighted by Crippen LogP contribution is 2.26. The second kappa shape index (κ2) is 9.77. The first-order chi connectivity index (χ1) is 15.5. The van der Waals surface area contributed by atoms with Crippen molar-refractivity contribution in [3.8, 4) is 11.1 Å². The van der Waals surface area contributed by atoms with Crippen molar-refractivity contribution < 1.29 is 0 Å². The largest absolute Gasteiger partial charge is 0.398 e. The van der Waals surface area contributed by atoms with Crippen molar-refractivity contribution in [3.05, 3.63) is 83.8 Å². The molecule has 0 aliphatic heterocycles. The van der Waals surface area contributed by atoms with E-state index in [9.17, 15) is 0 Å².